The van der Waals surface area contributed by atoms with Crippen LogP contribution in [0, 0.1) is 0 Å². The fourth-order valence-electron chi connectivity index (χ4n) is 1.89. The van der Waals surface area contributed by atoms with Gasteiger partial charge >= 0.3 is 0 Å². The molecule has 0 amide bonds. The molecule has 2 rings (SSSR count). The van der Waals surface area contributed by atoms with E-state index in [1.165, 1.54) is 5.69 Å². The lowest BCUT2D eigenvalue weighted by molar-refractivity contribution is 0.0351. The van der Waals surface area contributed by atoms with E-state index in [9.17, 15) is 5.11 Å². The van der Waals surface area contributed by atoms with Gasteiger partial charge in [-0.25, -0.2) is 0 Å². The molecule has 0 spiro atoms. The number of hydrogen-bond donors (Lipinski definition) is 1. The molecule has 0 atom stereocenters. The molecule has 0 radical (unpaired) electrons. The van der Waals surface area contributed by atoms with Gasteiger partial charge in [-0.15, -0.1) is 0 Å². The number of benzene rings is 1. The second-order valence-corrected chi connectivity index (χ2v) is 4.32. The number of aliphatic hydroxyl groups is 1. The third-order valence-electron chi connectivity index (χ3n) is 2.96. The molecule has 0 unspecified atom stereocenters. The van der Waals surface area contributed by atoms with E-state index in [0.717, 1.165) is 25.9 Å². The van der Waals surface area contributed by atoms with Gasteiger partial charge in [0.05, 0.1) is 5.60 Å². The van der Waals surface area contributed by atoms with Crippen LogP contribution in [-0.4, -0.2) is 23.8 Å². The molecule has 1 aromatic rings. The number of piperidine rings is 1. The van der Waals surface area contributed by atoms with E-state index in [0.29, 0.717) is 0 Å². The summed E-state index contributed by atoms with van der Waals surface area (Å²) in [5, 5.41) is 9.81. The molecule has 14 heavy (non-hydrogen) atoms. The van der Waals surface area contributed by atoms with Gasteiger partial charge in [-0.2, -0.15) is 0 Å². The van der Waals surface area contributed by atoms with Crippen molar-refractivity contribution in [2.45, 2.75) is 25.4 Å². The lowest BCUT2D eigenvalue weighted by Crippen LogP contribution is -2.42. The smallest absolute Gasteiger partial charge is 0.0653 e. The first-order valence-electron chi connectivity index (χ1n) is 5.20. The Balaban J connectivity index is 2.03. The summed E-state index contributed by atoms with van der Waals surface area (Å²) in [6.07, 6.45) is 1.73. The van der Waals surface area contributed by atoms with E-state index in [-0.39, 0.29) is 0 Å². The molecule has 0 aliphatic carbocycles. The molecular formula is C12H17NO. The van der Waals surface area contributed by atoms with Gasteiger partial charge in [0.1, 0.15) is 0 Å². The zero-order valence-electron chi connectivity index (χ0n) is 8.61. The van der Waals surface area contributed by atoms with Crippen LogP contribution < -0.4 is 4.90 Å². The normalized spacial score (nSPS) is 20.9. The van der Waals surface area contributed by atoms with Crippen LogP contribution in [0.3, 0.4) is 0 Å². The maximum absolute atomic E-state index is 9.81. The van der Waals surface area contributed by atoms with Crippen molar-refractivity contribution in [3.8, 4) is 0 Å². The van der Waals surface area contributed by atoms with Crippen molar-refractivity contribution in [3.63, 3.8) is 0 Å². The van der Waals surface area contributed by atoms with Crippen molar-refractivity contribution < 1.29 is 5.11 Å². The Morgan fingerprint density at radius 1 is 1.14 bits per heavy atom. The molecule has 2 heteroatoms. The fraction of sp³-hybridized carbons (Fsp3) is 0.500. The van der Waals surface area contributed by atoms with Crippen molar-refractivity contribution in [1.82, 2.24) is 0 Å². The van der Waals surface area contributed by atoms with E-state index in [1.807, 2.05) is 13.0 Å². The van der Waals surface area contributed by atoms with Crippen LogP contribution in [0.25, 0.3) is 0 Å². The summed E-state index contributed by atoms with van der Waals surface area (Å²) in [6.45, 7) is 3.84. The number of rotatable bonds is 1. The van der Waals surface area contributed by atoms with Gasteiger partial charge < -0.3 is 10.0 Å². The van der Waals surface area contributed by atoms with Crippen molar-refractivity contribution in [2.24, 2.45) is 0 Å². The fourth-order valence-corrected chi connectivity index (χ4v) is 1.89. The van der Waals surface area contributed by atoms with Gasteiger partial charge in [0, 0.05) is 18.8 Å². The first kappa shape index (κ1) is 9.53. The molecular weight excluding hydrogens is 174 g/mol. The third kappa shape index (κ3) is 2.07. The number of nitrogens with zero attached hydrogens (tertiary/aromatic N) is 1. The Morgan fingerprint density at radius 3 is 2.29 bits per heavy atom. The van der Waals surface area contributed by atoms with Crippen LogP contribution in [0.15, 0.2) is 30.3 Å². The van der Waals surface area contributed by atoms with Crippen LogP contribution in [0.1, 0.15) is 19.8 Å². The summed E-state index contributed by atoms with van der Waals surface area (Å²) in [4.78, 5) is 2.33. The van der Waals surface area contributed by atoms with E-state index >= 15 is 0 Å². The second-order valence-electron chi connectivity index (χ2n) is 4.32. The molecule has 76 valence electrons. The molecule has 1 heterocycles. The summed E-state index contributed by atoms with van der Waals surface area (Å²) in [6, 6.07) is 10.4. The molecule has 1 fully saturated rings. The second kappa shape index (κ2) is 3.62. The SMILES string of the molecule is CC1(O)CCN(c2ccccc2)CC1. The highest BCUT2D eigenvalue weighted by molar-refractivity contribution is 5.46. The zero-order valence-corrected chi connectivity index (χ0v) is 8.61. The predicted molar refractivity (Wildman–Crippen MR) is 58.5 cm³/mol. The molecule has 1 saturated heterocycles. The average molecular weight is 191 g/mol. The van der Waals surface area contributed by atoms with Crippen molar-refractivity contribution >= 4 is 5.69 Å². The van der Waals surface area contributed by atoms with Crippen LogP contribution in [-0.2, 0) is 0 Å². The van der Waals surface area contributed by atoms with Gasteiger partial charge in [0.15, 0.2) is 0 Å². The van der Waals surface area contributed by atoms with Crippen LogP contribution >= 0.6 is 0 Å². The minimum absolute atomic E-state index is 0.453. The summed E-state index contributed by atoms with van der Waals surface area (Å²) in [5.74, 6) is 0. The number of hydrogen-bond acceptors (Lipinski definition) is 2. The van der Waals surface area contributed by atoms with Crippen LogP contribution in [0.5, 0.6) is 0 Å². The van der Waals surface area contributed by atoms with Crippen molar-refractivity contribution in [2.75, 3.05) is 18.0 Å². The maximum atomic E-state index is 9.81. The Hall–Kier alpha value is -1.02. The lowest BCUT2D eigenvalue weighted by Gasteiger charge is -2.37. The zero-order chi connectivity index (χ0) is 10.0. The highest BCUT2D eigenvalue weighted by atomic mass is 16.3. The largest absolute Gasteiger partial charge is 0.390 e. The first-order valence-corrected chi connectivity index (χ1v) is 5.20. The van der Waals surface area contributed by atoms with E-state index < -0.39 is 5.60 Å². The molecule has 1 N–H and O–H groups in total. The van der Waals surface area contributed by atoms with Crippen LogP contribution in [0.4, 0.5) is 5.69 Å². The monoisotopic (exact) mass is 191 g/mol. The third-order valence-corrected chi connectivity index (χ3v) is 2.96. The quantitative estimate of drug-likeness (QED) is 0.734. The summed E-state index contributed by atoms with van der Waals surface area (Å²) < 4.78 is 0. The van der Waals surface area contributed by atoms with Gasteiger partial charge in [-0.05, 0) is 31.9 Å². The van der Waals surface area contributed by atoms with E-state index in [4.69, 9.17) is 0 Å². The number of anilines is 1. The lowest BCUT2D eigenvalue weighted by atomic mass is 9.93. The summed E-state index contributed by atoms with van der Waals surface area (Å²) in [7, 11) is 0. The molecule has 0 saturated carbocycles. The molecule has 1 aliphatic rings. The first-order chi connectivity index (χ1) is 6.67. The molecule has 0 bridgehead atoms. The van der Waals surface area contributed by atoms with Gasteiger partial charge in [0.25, 0.3) is 0 Å². The summed E-state index contributed by atoms with van der Waals surface area (Å²) >= 11 is 0. The van der Waals surface area contributed by atoms with E-state index in [2.05, 4.69) is 29.2 Å². The van der Waals surface area contributed by atoms with Gasteiger partial charge in [0.2, 0.25) is 0 Å². The predicted octanol–water partition coefficient (Wildman–Crippen LogP) is 2.04. The molecule has 2 nitrogen and oxygen atoms in total. The number of para-hydroxylation sites is 1. The van der Waals surface area contributed by atoms with Crippen molar-refractivity contribution in [3.05, 3.63) is 30.3 Å². The molecule has 1 aliphatic heterocycles. The van der Waals surface area contributed by atoms with Crippen molar-refractivity contribution in [1.29, 1.82) is 0 Å². The molecule has 0 aromatic heterocycles. The Kier molecular flexibility index (Phi) is 2.46. The Morgan fingerprint density at radius 2 is 1.71 bits per heavy atom. The van der Waals surface area contributed by atoms with Gasteiger partial charge in [-0.1, -0.05) is 18.2 Å². The van der Waals surface area contributed by atoms with Crippen LogP contribution in [0.2, 0.25) is 0 Å². The van der Waals surface area contributed by atoms with Gasteiger partial charge in [-0.3, -0.25) is 0 Å². The Bertz CT molecular complexity index is 284. The standard InChI is InChI=1S/C12H17NO/c1-12(14)7-9-13(10-8-12)11-5-3-2-4-6-11/h2-6,14H,7-10H2,1H3. The highest BCUT2D eigenvalue weighted by Crippen LogP contribution is 2.25. The Labute approximate surface area is 85.2 Å². The van der Waals surface area contributed by atoms with E-state index in [1.54, 1.807) is 0 Å². The maximum Gasteiger partial charge on any atom is 0.0653 e. The topological polar surface area (TPSA) is 23.5 Å². The highest BCUT2D eigenvalue weighted by Gasteiger charge is 2.27. The average Bonchev–Trinajstić information content (AvgIpc) is 2.19. The minimum atomic E-state index is -0.453. The summed E-state index contributed by atoms with van der Waals surface area (Å²) in [5.41, 5.74) is 0.814. The molecule has 1 aromatic carbocycles. The minimum Gasteiger partial charge on any atom is -0.390 e.